The highest BCUT2D eigenvalue weighted by atomic mass is 15.3. The smallest absolute Gasteiger partial charge is 0.0704 e. The molecule has 0 saturated heterocycles. The van der Waals surface area contributed by atoms with Gasteiger partial charge in [-0.25, -0.2) is 0 Å². The minimum atomic E-state index is 1.04. The van der Waals surface area contributed by atoms with Gasteiger partial charge in [-0.15, -0.1) is 0 Å². The maximum atomic E-state index is 6.37. The van der Waals surface area contributed by atoms with Crippen LogP contribution in [0, 0.1) is 0 Å². The van der Waals surface area contributed by atoms with E-state index in [1.54, 1.807) is 4.68 Å². The van der Waals surface area contributed by atoms with Crippen LogP contribution >= 0.6 is 0 Å². The van der Waals surface area contributed by atoms with Crippen molar-refractivity contribution in [3.63, 3.8) is 0 Å². The quantitative estimate of drug-likeness (QED) is 0.292. The standard InChI is InChI=1S/C30H21N3/c31-33-29-13-7-5-11-24(29)26-19-21(15-17-30(26)33)20-14-16-28-25(18-20)23-10-4-6-12-27(23)32(28)22-8-2-1-3-9-22/h1-19H,31H2. The van der Waals surface area contributed by atoms with Gasteiger partial charge in [0.25, 0.3) is 0 Å². The summed E-state index contributed by atoms with van der Waals surface area (Å²) in [6, 6.07) is 40.9. The van der Waals surface area contributed by atoms with Crippen molar-refractivity contribution in [2.75, 3.05) is 5.84 Å². The summed E-state index contributed by atoms with van der Waals surface area (Å²) in [5, 5.41) is 4.88. The molecular formula is C30H21N3. The summed E-state index contributed by atoms with van der Waals surface area (Å²) in [5.41, 5.74) is 8.09. The predicted molar refractivity (Wildman–Crippen MR) is 139 cm³/mol. The van der Waals surface area contributed by atoms with Crippen LogP contribution in [0.25, 0.3) is 60.4 Å². The van der Waals surface area contributed by atoms with Gasteiger partial charge in [0.2, 0.25) is 0 Å². The Hall–Kier alpha value is -4.50. The molecule has 0 fully saturated rings. The van der Waals surface area contributed by atoms with Gasteiger partial charge < -0.3 is 10.4 Å². The molecule has 7 aromatic rings. The van der Waals surface area contributed by atoms with Crippen LogP contribution in [0.5, 0.6) is 0 Å². The van der Waals surface area contributed by atoms with E-state index in [9.17, 15) is 0 Å². The Morgan fingerprint density at radius 1 is 0.424 bits per heavy atom. The lowest BCUT2D eigenvalue weighted by Crippen LogP contribution is -2.06. The van der Waals surface area contributed by atoms with Gasteiger partial charge in [0, 0.05) is 27.2 Å². The van der Waals surface area contributed by atoms with Crippen molar-refractivity contribution in [2.45, 2.75) is 0 Å². The largest absolute Gasteiger partial charge is 0.339 e. The van der Waals surface area contributed by atoms with E-state index in [-0.39, 0.29) is 0 Å². The highest BCUT2D eigenvalue weighted by molar-refractivity contribution is 6.12. The molecule has 0 unspecified atom stereocenters. The number of hydrogen-bond donors (Lipinski definition) is 1. The van der Waals surface area contributed by atoms with E-state index in [0.717, 1.165) is 11.0 Å². The molecule has 0 spiro atoms. The first-order chi connectivity index (χ1) is 16.3. The summed E-state index contributed by atoms with van der Waals surface area (Å²) in [7, 11) is 0. The molecule has 7 rings (SSSR count). The van der Waals surface area contributed by atoms with Crippen molar-refractivity contribution in [1.82, 2.24) is 9.24 Å². The van der Waals surface area contributed by atoms with Crippen molar-refractivity contribution in [2.24, 2.45) is 0 Å². The summed E-state index contributed by atoms with van der Waals surface area (Å²) in [4.78, 5) is 0. The van der Waals surface area contributed by atoms with E-state index in [0.29, 0.717) is 0 Å². The molecule has 156 valence electrons. The predicted octanol–water partition coefficient (Wildman–Crippen LogP) is 7.27. The Kier molecular flexibility index (Phi) is 3.70. The zero-order valence-electron chi connectivity index (χ0n) is 17.9. The second kappa shape index (κ2) is 6.75. The second-order valence-corrected chi connectivity index (χ2v) is 8.54. The van der Waals surface area contributed by atoms with Crippen molar-refractivity contribution >= 4 is 43.6 Å². The van der Waals surface area contributed by atoms with E-state index in [4.69, 9.17) is 5.84 Å². The molecule has 0 amide bonds. The minimum Gasteiger partial charge on any atom is -0.339 e. The van der Waals surface area contributed by atoms with Crippen LogP contribution in [0.3, 0.4) is 0 Å². The average molecular weight is 424 g/mol. The van der Waals surface area contributed by atoms with Crippen molar-refractivity contribution in [1.29, 1.82) is 0 Å². The van der Waals surface area contributed by atoms with E-state index in [2.05, 4.69) is 114 Å². The van der Waals surface area contributed by atoms with Gasteiger partial charge in [-0.05, 0) is 59.7 Å². The highest BCUT2D eigenvalue weighted by Crippen LogP contribution is 2.36. The van der Waals surface area contributed by atoms with Gasteiger partial charge in [-0.2, -0.15) is 0 Å². The molecule has 0 aliphatic rings. The third-order valence-corrected chi connectivity index (χ3v) is 6.73. The van der Waals surface area contributed by atoms with Crippen LogP contribution in [0.15, 0.2) is 115 Å². The molecule has 2 N–H and O–H groups in total. The molecule has 0 saturated carbocycles. The number of rotatable bonds is 2. The van der Waals surface area contributed by atoms with E-state index in [1.165, 1.54) is 49.4 Å². The number of nitrogens with two attached hydrogens (primary N) is 1. The second-order valence-electron chi connectivity index (χ2n) is 8.54. The fraction of sp³-hybridized carbons (Fsp3) is 0. The summed E-state index contributed by atoms with van der Waals surface area (Å²) in [6.07, 6.45) is 0. The molecule has 0 aliphatic heterocycles. The first kappa shape index (κ1) is 18.1. The van der Waals surface area contributed by atoms with E-state index >= 15 is 0 Å². The lowest BCUT2D eigenvalue weighted by atomic mass is 10.0. The molecule has 0 aliphatic carbocycles. The maximum Gasteiger partial charge on any atom is 0.0704 e. The fourth-order valence-electron chi connectivity index (χ4n) is 5.19. The van der Waals surface area contributed by atoms with Gasteiger partial charge in [-0.3, -0.25) is 4.68 Å². The van der Waals surface area contributed by atoms with Crippen LogP contribution in [0.4, 0.5) is 0 Å². The average Bonchev–Trinajstić information content (AvgIpc) is 3.36. The zero-order valence-corrected chi connectivity index (χ0v) is 17.9. The maximum absolute atomic E-state index is 6.37. The van der Waals surface area contributed by atoms with Crippen molar-refractivity contribution < 1.29 is 0 Å². The van der Waals surface area contributed by atoms with Crippen LogP contribution in [-0.4, -0.2) is 9.24 Å². The van der Waals surface area contributed by atoms with Gasteiger partial charge in [0.1, 0.15) is 0 Å². The first-order valence-electron chi connectivity index (χ1n) is 11.2. The summed E-state index contributed by atoms with van der Waals surface area (Å²) in [5.74, 6) is 6.37. The molecule has 3 heteroatoms. The molecule has 2 aromatic heterocycles. The fourth-order valence-corrected chi connectivity index (χ4v) is 5.19. The van der Waals surface area contributed by atoms with Gasteiger partial charge in [-0.1, -0.05) is 66.7 Å². The van der Waals surface area contributed by atoms with Crippen molar-refractivity contribution in [3.05, 3.63) is 115 Å². The van der Waals surface area contributed by atoms with Gasteiger partial charge in [0.15, 0.2) is 0 Å². The van der Waals surface area contributed by atoms with E-state index in [1.807, 2.05) is 6.07 Å². The lowest BCUT2D eigenvalue weighted by molar-refractivity contribution is 1.12. The molecule has 33 heavy (non-hydrogen) atoms. The monoisotopic (exact) mass is 423 g/mol. The summed E-state index contributed by atoms with van der Waals surface area (Å²) < 4.78 is 4.13. The van der Waals surface area contributed by atoms with Crippen LogP contribution in [-0.2, 0) is 0 Å². The molecule has 2 heterocycles. The van der Waals surface area contributed by atoms with Crippen LogP contribution in [0.2, 0.25) is 0 Å². The molecule has 0 radical (unpaired) electrons. The summed E-state index contributed by atoms with van der Waals surface area (Å²) >= 11 is 0. The Labute approximate surface area is 190 Å². The molecular weight excluding hydrogens is 402 g/mol. The number of para-hydroxylation sites is 3. The number of benzene rings is 5. The van der Waals surface area contributed by atoms with Crippen molar-refractivity contribution in [3.8, 4) is 16.8 Å². The third-order valence-electron chi connectivity index (χ3n) is 6.73. The summed E-state index contributed by atoms with van der Waals surface area (Å²) in [6.45, 7) is 0. The number of nitrogen functional groups attached to an aromatic ring is 1. The normalized spacial score (nSPS) is 11.8. The molecule has 5 aromatic carbocycles. The SMILES string of the molecule is Nn1c2ccccc2c2cc(-c3ccc4c(c3)c3ccccc3n4-c3ccccc3)ccc21. The Balaban J connectivity index is 1.49. The van der Waals surface area contributed by atoms with Gasteiger partial charge >= 0.3 is 0 Å². The van der Waals surface area contributed by atoms with Gasteiger partial charge in [0.05, 0.1) is 22.1 Å². The Morgan fingerprint density at radius 3 is 1.64 bits per heavy atom. The molecule has 0 atom stereocenters. The third kappa shape index (κ3) is 2.56. The number of nitrogens with zero attached hydrogens (tertiary/aromatic N) is 2. The minimum absolute atomic E-state index is 1.04. The lowest BCUT2D eigenvalue weighted by Gasteiger charge is -2.08. The van der Waals surface area contributed by atoms with Crippen LogP contribution < -0.4 is 5.84 Å². The number of fused-ring (bicyclic) bond motifs is 6. The Bertz CT molecular complexity index is 1820. The van der Waals surface area contributed by atoms with Crippen LogP contribution in [0.1, 0.15) is 0 Å². The highest BCUT2D eigenvalue weighted by Gasteiger charge is 2.14. The number of aromatic nitrogens is 2. The zero-order chi connectivity index (χ0) is 21.9. The molecule has 3 nitrogen and oxygen atoms in total. The topological polar surface area (TPSA) is 35.9 Å². The molecule has 0 bridgehead atoms. The number of hydrogen-bond acceptors (Lipinski definition) is 1. The first-order valence-corrected chi connectivity index (χ1v) is 11.2. The Morgan fingerprint density at radius 2 is 0.909 bits per heavy atom. The van der Waals surface area contributed by atoms with E-state index < -0.39 is 0 Å².